The van der Waals surface area contributed by atoms with Crippen LogP contribution in [0.5, 0.6) is 0 Å². The van der Waals surface area contributed by atoms with E-state index in [1.165, 1.54) is 18.2 Å². The van der Waals surface area contributed by atoms with Gasteiger partial charge in [0.2, 0.25) is 11.8 Å². The van der Waals surface area contributed by atoms with Gasteiger partial charge < -0.3 is 9.32 Å². The molecular formula is C26H20F4N2O2. The molecular weight excluding hydrogens is 448 g/mol. The van der Waals surface area contributed by atoms with Gasteiger partial charge in [0, 0.05) is 6.54 Å². The van der Waals surface area contributed by atoms with Gasteiger partial charge in [0.05, 0.1) is 12.0 Å². The topological polar surface area (TPSA) is 46.3 Å². The summed E-state index contributed by atoms with van der Waals surface area (Å²) in [6.07, 6.45) is -2.78. The normalized spacial score (nSPS) is 16.4. The van der Waals surface area contributed by atoms with E-state index in [0.717, 1.165) is 24.1 Å². The van der Waals surface area contributed by atoms with Gasteiger partial charge in [-0.15, -0.1) is 0 Å². The fourth-order valence-electron chi connectivity index (χ4n) is 4.34. The quantitative estimate of drug-likeness (QED) is 0.319. The van der Waals surface area contributed by atoms with Crippen molar-refractivity contribution in [3.05, 3.63) is 89.6 Å². The zero-order valence-corrected chi connectivity index (χ0v) is 18.0. The summed E-state index contributed by atoms with van der Waals surface area (Å²) < 4.78 is 58.4. The zero-order valence-electron chi connectivity index (χ0n) is 18.0. The number of carbonyl (C=O) groups is 1. The lowest BCUT2D eigenvalue weighted by molar-refractivity contribution is -0.137. The first-order valence-electron chi connectivity index (χ1n) is 10.9. The average molecular weight is 468 g/mol. The maximum Gasteiger partial charge on any atom is 0.416 e. The molecule has 1 amide bonds. The van der Waals surface area contributed by atoms with Crippen LogP contribution in [0, 0.1) is 5.82 Å². The fraction of sp³-hybridized carbons (Fsp3) is 0.231. The number of benzene rings is 3. The van der Waals surface area contributed by atoms with E-state index < -0.39 is 11.7 Å². The van der Waals surface area contributed by atoms with Crippen molar-refractivity contribution < 1.29 is 26.8 Å². The minimum Gasteiger partial charge on any atom is -0.438 e. The van der Waals surface area contributed by atoms with Crippen molar-refractivity contribution in [1.82, 2.24) is 9.88 Å². The Morgan fingerprint density at radius 1 is 1.03 bits per heavy atom. The molecule has 5 rings (SSSR count). The molecule has 0 bridgehead atoms. The smallest absolute Gasteiger partial charge is 0.416 e. The standard InChI is InChI=1S/C26H20F4N2O2/c27-20-9-6-16(7-10-20)13-24(33)32-12-2-5-22(32)25-31-21-15-18(8-11-23(21)34-25)17-3-1-4-19(14-17)26(28,29)30/h1,3-4,6-11,14-15,22H,2,5,12-13H2/t22-/m1/s1. The van der Waals surface area contributed by atoms with Gasteiger partial charge in [-0.1, -0.05) is 30.3 Å². The van der Waals surface area contributed by atoms with E-state index in [-0.39, 0.29) is 24.2 Å². The lowest BCUT2D eigenvalue weighted by Crippen LogP contribution is -2.32. The van der Waals surface area contributed by atoms with Crippen molar-refractivity contribution in [2.45, 2.75) is 31.5 Å². The lowest BCUT2D eigenvalue weighted by atomic mass is 10.0. The molecule has 0 unspecified atom stereocenters. The van der Waals surface area contributed by atoms with Crippen molar-refractivity contribution in [2.75, 3.05) is 6.54 Å². The molecule has 1 fully saturated rings. The number of hydrogen-bond donors (Lipinski definition) is 0. The molecule has 0 spiro atoms. The monoisotopic (exact) mass is 468 g/mol. The van der Waals surface area contributed by atoms with Gasteiger partial charge in [-0.05, 0) is 65.9 Å². The van der Waals surface area contributed by atoms with Gasteiger partial charge in [-0.3, -0.25) is 4.79 Å². The van der Waals surface area contributed by atoms with Crippen molar-refractivity contribution in [1.29, 1.82) is 0 Å². The summed E-state index contributed by atoms with van der Waals surface area (Å²) >= 11 is 0. The third-order valence-corrected chi connectivity index (χ3v) is 6.05. The van der Waals surface area contributed by atoms with Crippen LogP contribution < -0.4 is 0 Å². The number of amides is 1. The van der Waals surface area contributed by atoms with Crippen LogP contribution in [0.1, 0.15) is 35.9 Å². The predicted octanol–water partition coefficient (Wildman–Crippen LogP) is 6.56. The fourth-order valence-corrected chi connectivity index (χ4v) is 4.34. The SMILES string of the molecule is O=C(Cc1ccc(F)cc1)N1CCC[C@@H]1c1nc2cc(-c3cccc(C(F)(F)F)c3)ccc2o1. The van der Waals surface area contributed by atoms with Crippen LogP contribution >= 0.6 is 0 Å². The Bertz CT molecular complexity index is 1350. The minimum absolute atomic E-state index is 0.0963. The molecule has 0 saturated carbocycles. The summed E-state index contributed by atoms with van der Waals surface area (Å²) in [4.78, 5) is 19.2. The summed E-state index contributed by atoms with van der Waals surface area (Å²) in [6, 6.07) is 15.7. The number of rotatable bonds is 4. The molecule has 1 aliphatic heterocycles. The molecule has 1 atom stereocenters. The number of fused-ring (bicyclic) bond motifs is 1. The van der Waals surface area contributed by atoms with Crippen LogP contribution in [0.2, 0.25) is 0 Å². The zero-order chi connectivity index (χ0) is 23.9. The molecule has 1 aromatic heterocycles. The summed E-state index contributed by atoms with van der Waals surface area (Å²) in [5.74, 6) is -0.0478. The van der Waals surface area contributed by atoms with Crippen LogP contribution in [0.4, 0.5) is 17.6 Å². The van der Waals surface area contributed by atoms with Gasteiger partial charge in [0.25, 0.3) is 0 Å². The van der Waals surface area contributed by atoms with Crippen LogP contribution in [-0.2, 0) is 17.4 Å². The van der Waals surface area contributed by atoms with Crippen LogP contribution in [0.25, 0.3) is 22.2 Å². The van der Waals surface area contributed by atoms with Crippen LogP contribution in [0.3, 0.4) is 0 Å². The maximum absolute atomic E-state index is 13.2. The first kappa shape index (κ1) is 22.1. The van der Waals surface area contributed by atoms with Gasteiger partial charge >= 0.3 is 6.18 Å². The highest BCUT2D eigenvalue weighted by Gasteiger charge is 2.34. The Balaban J connectivity index is 1.40. The van der Waals surface area contributed by atoms with Gasteiger partial charge in [0.1, 0.15) is 17.4 Å². The number of likely N-dealkylation sites (tertiary alicyclic amines) is 1. The van der Waals surface area contributed by atoms with Crippen molar-refractivity contribution in [3.63, 3.8) is 0 Å². The second-order valence-electron chi connectivity index (χ2n) is 8.36. The van der Waals surface area contributed by atoms with Crippen molar-refractivity contribution in [2.24, 2.45) is 0 Å². The third kappa shape index (κ3) is 4.40. The number of oxazole rings is 1. The predicted molar refractivity (Wildman–Crippen MR) is 118 cm³/mol. The number of halogens is 4. The highest BCUT2D eigenvalue weighted by molar-refractivity contribution is 5.81. The Morgan fingerprint density at radius 3 is 2.56 bits per heavy atom. The first-order chi connectivity index (χ1) is 16.3. The summed E-state index contributed by atoms with van der Waals surface area (Å²) in [7, 11) is 0. The molecule has 34 heavy (non-hydrogen) atoms. The van der Waals surface area contributed by atoms with Gasteiger partial charge in [-0.2, -0.15) is 13.2 Å². The molecule has 174 valence electrons. The number of aromatic nitrogens is 1. The molecule has 4 nitrogen and oxygen atoms in total. The minimum atomic E-state index is -4.42. The van der Waals surface area contributed by atoms with E-state index in [1.807, 2.05) is 0 Å². The number of nitrogens with zero attached hydrogens (tertiary/aromatic N) is 2. The highest BCUT2D eigenvalue weighted by Crippen LogP contribution is 2.36. The van der Waals surface area contributed by atoms with E-state index in [0.29, 0.717) is 41.1 Å². The molecule has 4 aromatic rings. The molecule has 0 N–H and O–H groups in total. The Labute approximate surface area is 192 Å². The second kappa shape index (κ2) is 8.59. The van der Waals surface area contributed by atoms with Gasteiger partial charge in [-0.25, -0.2) is 9.37 Å². The molecule has 1 aliphatic rings. The van der Waals surface area contributed by atoms with Gasteiger partial charge in [0.15, 0.2) is 5.58 Å². The Kier molecular flexibility index (Phi) is 5.59. The molecule has 2 heterocycles. The molecule has 1 saturated heterocycles. The Hall–Kier alpha value is -3.68. The summed E-state index contributed by atoms with van der Waals surface area (Å²) in [5.41, 5.74) is 2.05. The van der Waals surface area contributed by atoms with Crippen molar-refractivity contribution >= 4 is 17.0 Å². The maximum atomic E-state index is 13.2. The highest BCUT2D eigenvalue weighted by atomic mass is 19.4. The number of hydrogen-bond acceptors (Lipinski definition) is 3. The van der Waals surface area contributed by atoms with E-state index in [9.17, 15) is 22.4 Å². The third-order valence-electron chi connectivity index (χ3n) is 6.05. The molecule has 8 heteroatoms. The summed E-state index contributed by atoms with van der Waals surface area (Å²) in [6.45, 7) is 0.568. The molecule has 0 aliphatic carbocycles. The van der Waals surface area contributed by atoms with E-state index in [2.05, 4.69) is 4.98 Å². The molecule has 3 aromatic carbocycles. The number of alkyl halides is 3. The Morgan fingerprint density at radius 2 is 1.79 bits per heavy atom. The van der Waals surface area contributed by atoms with Crippen LogP contribution in [-0.4, -0.2) is 22.3 Å². The number of carbonyl (C=O) groups excluding carboxylic acids is 1. The summed E-state index contributed by atoms with van der Waals surface area (Å²) in [5, 5.41) is 0. The first-order valence-corrected chi connectivity index (χ1v) is 10.9. The van der Waals surface area contributed by atoms with Crippen LogP contribution in [0.15, 0.2) is 71.1 Å². The lowest BCUT2D eigenvalue weighted by Gasteiger charge is -2.22. The van der Waals surface area contributed by atoms with Crippen molar-refractivity contribution in [3.8, 4) is 11.1 Å². The van der Waals surface area contributed by atoms with E-state index in [4.69, 9.17) is 4.42 Å². The van der Waals surface area contributed by atoms with E-state index >= 15 is 0 Å². The largest absolute Gasteiger partial charge is 0.438 e. The van der Waals surface area contributed by atoms with E-state index in [1.54, 1.807) is 41.3 Å². The second-order valence-corrected chi connectivity index (χ2v) is 8.36. The average Bonchev–Trinajstić information content (AvgIpc) is 3.46. The molecule has 0 radical (unpaired) electrons.